The Kier molecular flexibility index (Phi) is 5.62. The summed E-state index contributed by atoms with van der Waals surface area (Å²) >= 11 is 0. The van der Waals surface area contributed by atoms with Gasteiger partial charge in [-0.05, 0) is 49.4 Å². The van der Waals surface area contributed by atoms with Gasteiger partial charge in [0.15, 0.2) is 0 Å². The van der Waals surface area contributed by atoms with Crippen LogP contribution >= 0.6 is 0 Å². The highest BCUT2D eigenvalue weighted by atomic mass is 15.1. The van der Waals surface area contributed by atoms with Crippen molar-refractivity contribution in [2.45, 2.75) is 58.0 Å². The first-order valence-corrected chi connectivity index (χ1v) is 8.11. The third kappa shape index (κ3) is 3.83. The van der Waals surface area contributed by atoms with Crippen LogP contribution in [0, 0.1) is 5.92 Å². The first kappa shape index (κ1) is 15.5. The molecule has 0 aromatic heterocycles. The normalized spacial score (nSPS) is 23.5. The molecule has 1 aliphatic rings. The summed E-state index contributed by atoms with van der Waals surface area (Å²) in [6, 6.07) is 9.78. The molecular formula is C18H30N2. The summed E-state index contributed by atoms with van der Waals surface area (Å²) in [5.41, 5.74) is 8.79. The van der Waals surface area contributed by atoms with Crippen molar-refractivity contribution >= 4 is 0 Å². The molecule has 0 spiro atoms. The number of nitrogens with zero attached hydrogens (tertiary/aromatic N) is 1. The first-order chi connectivity index (χ1) is 9.61. The van der Waals surface area contributed by atoms with Gasteiger partial charge in [0.2, 0.25) is 0 Å². The molecule has 1 aromatic carbocycles. The molecule has 0 bridgehead atoms. The average Bonchev–Trinajstić information content (AvgIpc) is 2.47. The highest BCUT2D eigenvalue weighted by Crippen LogP contribution is 2.28. The van der Waals surface area contributed by atoms with Crippen LogP contribution in [0.25, 0.3) is 0 Å². The zero-order chi connectivity index (χ0) is 14.5. The van der Waals surface area contributed by atoms with Crippen molar-refractivity contribution in [2.75, 3.05) is 13.6 Å². The molecule has 0 heterocycles. The molecule has 1 saturated carbocycles. The Balaban J connectivity index is 1.97. The lowest BCUT2D eigenvalue weighted by Crippen LogP contribution is -2.42. The van der Waals surface area contributed by atoms with Crippen molar-refractivity contribution in [2.24, 2.45) is 11.7 Å². The summed E-state index contributed by atoms with van der Waals surface area (Å²) in [7, 11) is 2.26. The van der Waals surface area contributed by atoms with Gasteiger partial charge in [-0.25, -0.2) is 0 Å². The van der Waals surface area contributed by atoms with Gasteiger partial charge in [-0.3, -0.25) is 4.90 Å². The van der Waals surface area contributed by atoms with Gasteiger partial charge in [-0.1, -0.05) is 51.0 Å². The van der Waals surface area contributed by atoms with Crippen LogP contribution in [0.3, 0.4) is 0 Å². The van der Waals surface area contributed by atoms with Crippen LogP contribution in [0.15, 0.2) is 24.3 Å². The molecule has 1 fully saturated rings. The number of hydrogen-bond donors (Lipinski definition) is 1. The molecule has 0 aliphatic heterocycles. The van der Waals surface area contributed by atoms with Gasteiger partial charge in [0.1, 0.15) is 0 Å². The van der Waals surface area contributed by atoms with Crippen LogP contribution in [0.4, 0.5) is 0 Å². The Hall–Kier alpha value is -0.860. The Morgan fingerprint density at radius 1 is 1.15 bits per heavy atom. The van der Waals surface area contributed by atoms with Crippen LogP contribution in [0.1, 0.15) is 56.6 Å². The third-order valence-corrected chi connectivity index (χ3v) is 4.82. The maximum absolute atomic E-state index is 5.95. The van der Waals surface area contributed by atoms with Gasteiger partial charge in [-0.15, -0.1) is 0 Å². The van der Waals surface area contributed by atoms with E-state index >= 15 is 0 Å². The second-order valence-corrected chi connectivity index (χ2v) is 6.66. The quantitative estimate of drug-likeness (QED) is 0.886. The van der Waals surface area contributed by atoms with Crippen molar-refractivity contribution in [3.63, 3.8) is 0 Å². The molecule has 1 aromatic rings. The lowest BCUT2D eigenvalue weighted by Gasteiger charge is -2.37. The van der Waals surface area contributed by atoms with E-state index in [1.165, 1.54) is 36.8 Å². The molecule has 0 saturated heterocycles. The van der Waals surface area contributed by atoms with Gasteiger partial charge in [0.05, 0.1) is 0 Å². The highest BCUT2D eigenvalue weighted by Gasteiger charge is 2.27. The first-order valence-electron chi connectivity index (χ1n) is 8.11. The predicted molar refractivity (Wildman–Crippen MR) is 86.8 cm³/mol. The summed E-state index contributed by atoms with van der Waals surface area (Å²) in [5, 5.41) is 0. The molecular weight excluding hydrogens is 244 g/mol. The zero-order valence-corrected chi connectivity index (χ0v) is 13.3. The second-order valence-electron chi connectivity index (χ2n) is 6.66. The molecule has 0 radical (unpaired) electrons. The van der Waals surface area contributed by atoms with E-state index in [2.05, 4.69) is 50.1 Å². The fraction of sp³-hybridized carbons (Fsp3) is 0.667. The van der Waals surface area contributed by atoms with Gasteiger partial charge in [0, 0.05) is 12.6 Å². The van der Waals surface area contributed by atoms with Gasteiger partial charge >= 0.3 is 0 Å². The zero-order valence-electron chi connectivity index (χ0n) is 13.3. The molecule has 2 heteroatoms. The molecule has 2 nitrogen and oxygen atoms in total. The van der Waals surface area contributed by atoms with E-state index in [1.807, 2.05) is 0 Å². The predicted octanol–water partition coefficient (Wildman–Crippen LogP) is 3.76. The van der Waals surface area contributed by atoms with Crippen molar-refractivity contribution in [3.8, 4) is 0 Å². The fourth-order valence-corrected chi connectivity index (χ4v) is 3.46. The van der Waals surface area contributed by atoms with Crippen LogP contribution in [0.2, 0.25) is 0 Å². The minimum absolute atomic E-state index is 0.613. The molecule has 2 unspecified atom stereocenters. The van der Waals surface area contributed by atoms with E-state index in [-0.39, 0.29) is 0 Å². The number of benzene rings is 1. The molecule has 0 amide bonds. The Labute approximate surface area is 124 Å². The molecule has 1 aliphatic carbocycles. The van der Waals surface area contributed by atoms with E-state index in [0.717, 1.165) is 13.1 Å². The van der Waals surface area contributed by atoms with Gasteiger partial charge < -0.3 is 5.73 Å². The third-order valence-electron chi connectivity index (χ3n) is 4.82. The van der Waals surface area contributed by atoms with Crippen molar-refractivity contribution in [1.29, 1.82) is 0 Å². The van der Waals surface area contributed by atoms with E-state index < -0.39 is 0 Å². The summed E-state index contributed by atoms with van der Waals surface area (Å²) in [4.78, 5) is 2.51. The summed E-state index contributed by atoms with van der Waals surface area (Å²) in [6.07, 6.45) is 5.33. The largest absolute Gasteiger partial charge is 0.330 e. The van der Waals surface area contributed by atoms with Crippen molar-refractivity contribution < 1.29 is 0 Å². The molecule has 20 heavy (non-hydrogen) atoms. The lowest BCUT2D eigenvalue weighted by molar-refractivity contribution is 0.127. The number of nitrogens with two attached hydrogens (primary N) is 1. The molecule has 2 atom stereocenters. The average molecular weight is 274 g/mol. The van der Waals surface area contributed by atoms with E-state index in [9.17, 15) is 0 Å². The fourth-order valence-electron chi connectivity index (χ4n) is 3.46. The molecule has 2 rings (SSSR count). The monoisotopic (exact) mass is 274 g/mol. The number of hydrogen-bond acceptors (Lipinski definition) is 2. The maximum atomic E-state index is 5.95. The standard InChI is InChI=1S/C18H30N2/c1-14(2)16-10-8-15(9-11-16)13-20(3)18-7-5-4-6-17(18)12-19/h8-11,14,17-18H,4-7,12-13,19H2,1-3H3. The van der Waals surface area contributed by atoms with Crippen LogP contribution in [-0.2, 0) is 6.54 Å². The second kappa shape index (κ2) is 7.24. The van der Waals surface area contributed by atoms with E-state index in [1.54, 1.807) is 0 Å². The minimum Gasteiger partial charge on any atom is -0.330 e. The van der Waals surface area contributed by atoms with Gasteiger partial charge in [0.25, 0.3) is 0 Å². The van der Waals surface area contributed by atoms with E-state index in [4.69, 9.17) is 5.73 Å². The summed E-state index contributed by atoms with van der Waals surface area (Å²) in [5.74, 6) is 1.30. The van der Waals surface area contributed by atoms with Crippen molar-refractivity contribution in [1.82, 2.24) is 4.90 Å². The maximum Gasteiger partial charge on any atom is 0.0233 e. The summed E-state index contributed by atoms with van der Waals surface area (Å²) < 4.78 is 0. The van der Waals surface area contributed by atoms with Gasteiger partial charge in [-0.2, -0.15) is 0 Å². The SMILES string of the molecule is CC(C)c1ccc(CN(C)C2CCCCC2CN)cc1. The minimum atomic E-state index is 0.613. The van der Waals surface area contributed by atoms with Crippen LogP contribution < -0.4 is 5.73 Å². The topological polar surface area (TPSA) is 29.3 Å². The number of rotatable bonds is 5. The smallest absolute Gasteiger partial charge is 0.0233 e. The highest BCUT2D eigenvalue weighted by molar-refractivity contribution is 5.24. The Bertz CT molecular complexity index is 396. The summed E-state index contributed by atoms with van der Waals surface area (Å²) in [6.45, 7) is 6.37. The lowest BCUT2D eigenvalue weighted by atomic mass is 9.83. The van der Waals surface area contributed by atoms with Crippen LogP contribution in [-0.4, -0.2) is 24.5 Å². The molecule has 2 N–H and O–H groups in total. The Morgan fingerprint density at radius 2 is 1.80 bits per heavy atom. The Morgan fingerprint density at radius 3 is 2.40 bits per heavy atom. The van der Waals surface area contributed by atoms with E-state index in [0.29, 0.717) is 17.9 Å². The van der Waals surface area contributed by atoms with Crippen LogP contribution in [0.5, 0.6) is 0 Å². The van der Waals surface area contributed by atoms with Crippen molar-refractivity contribution in [3.05, 3.63) is 35.4 Å². The molecule has 112 valence electrons.